The van der Waals surface area contributed by atoms with E-state index in [4.69, 9.17) is 10.00 Å². The van der Waals surface area contributed by atoms with E-state index in [1.807, 2.05) is 0 Å². The van der Waals surface area contributed by atoms with Crippen molar-refractivity contribution in [1.29, 1.82) is 5.26 Å². The Bertz CT molecular complexity index is 548. The number of nitriles is 1. The molecule has 1 heterocycles. The summed E-state index contributed by atoms with van der Waals surface area (Å²) >= 11 is 3.31. The zero-order valence-corrected chi connectivity index (χ0v) is 10.4. The van der Waals surface area contributed by atoms with Crippen molar-refractivity contribution in [3.05, 3.63) is 47.8 Å². The molecule has 1 aromatic heterocycles. The van der Waals surface area contributed by atoms with Gasteiger partial charge in [-0.2, -0.15) is 5.26 Å². The second-order valence-electron chi connectivity index (χ2n) is 3.22. The highest BCUT2D eigenvalue weighted by Crippen LogP contribution is 2.21. The number of hydrogen-bond donors (Lipinski definition) is 0. The van der Waals surface area contributed by atoms with Crippen LogP contribution < -0.4 is 4.74 Å². The lowest BCUT2D eigenvalue weighted by Gasteiger charge is -2.04. The molecule has 0 aliphatic carbocycles. The third-order valence-electron chi connectivity index (χ3n) is 2.04. The van der Waals surface area contributed by atoms with Gasteiger partial charge in [-0.25, -0.2) is 9.97 Å². The van der Waals surface area contributed by atoms with Gasteiger partial charge in [-0.05, 0) is 17.7 Å². The number of halogens is 1. The third-order valence-corrected chi connectivity index (χ3v) is 2.69. The molecule has 17 heavy (non-hydrogen) atoms. The van der Waals surface area contributed by atoms with Gasteiger partial charge in [0.1, 0.15) is 11.8 Å². The number of nitrogens with zero attached hydrogens (tertiary/aromatic N) is 3. The number of alkyl halides is 1. The van der Waals surface area contributed by atoms with Gasteiger partial charge < -0.3 is 4.74 Å². The molecule has 0 aliphatic rings. The van der Waals surface area contributed by atoms with Gasteiger partial charge in [0, 0.05) is 17.7 Å². The summed E-state index contributed by atoms with van der Waals surface area (Å²) in [7, 11) is 0. The Hall–Kier alpha value is -1.93. The van der Waals surface area contributed by atoms with Crippen molar-refractivity contribution < 1.29 is 4.74 Å². The molecule has 0 saturated heterocycles. The Morgan fingerprint density at radius 1 is 1.24 bits per heavy atom. The van der Waals surface area contributed by atoms with Crippen LogP contribution in [0.25, 0.3) is 0 Å². The van der Waals surface area contributed by atoms with E-state index < -0.39 is 0 Å². The number of benzene rings is 1. The van der Waals surface area contributed by atoms with Crippen LogP contribution in [0, 0.1) is 11.3 Å². The lowest BCUT2D eigenvalue weighted by atomic mass is 10.2. The highest BCUT2D eigenvalue weighted by Gasteiger charge is 2.05. The van der Waals surface area contributed by atoms with Gasteiger partial charge >= 0.3 is 6.01 Å². The van der Waals surface area contributed by atoms with Crippen LogP contribution in [-0.4, -0.2) is 9.97 Å². The molecule has 0 atom stereocenters. The van der Waals surface area contributed by atoms with Gasteiger partial charge in [-0.1, -0.05) is 28.1 Å². The van der Waals surface area contributed by atoms with Gasteiger partial charge in [-0.15, -0.1) is 0 Å². The molecule has 0 fully saturated rings. The van der Waals surface area contributed by atoms with Crippen LogP contribution in [0.15, 0.2) is 36.7 Å². The standard InChI is InChI=1S/C12H8BrN3O/c13-5-9-7-15-12(16-8-9)17-11-4-2-1-3-10(11)6-14/h1-4,7-8H,5H2. The Morgan fingerprint density at radius 2 is 1.94 bits per heavy atom. The van der Waals surface area contributed by atoms with Gasteiger partial charge in [0.05, 0.1) is 5.56 Å². The van der Waals surface area contributed by atoms with Crippen molar-refractivity contribution in [3.8, 4) is 17.8 Å². The number of rotatable bonds is 3. The summed E-state index contributed by atoms with van der Waals surface area (Å²) in [6.07, 6.45) is 3.35. The fraction of sp³-hybridized carbons (Fsp3) is 0.0833. The summed E-state index contributed by atoms with van der Waals surface area (Å²) in [6, 6.07) is 9.25. The first kappa shape index (κ1) is 11.6. The summed E-state index contributed by atoms with van der Waals surface area (Å²) in [6.45, 7) is 0. The first-order valence-corrected chi connectivity index (χ1v) is 5.99. The van der Waals surface area contributed by atoms with Crippen LogP contribution >= 0.6 is 15.9 Å². The van der Waals surface area contributed by atoms with Crippen molar-refractivity contribution in [2.45, 2.75) is 5.33 Å². The predicted molar refractivity (Wildman–Crippen MR) is 65.9 cm³/mol. The predicted octanol–water partition coefficient (Wildman–Crippen LogP) is 3.04. The summed E-state index contributed by atoms with van der Waals surface area (Å²) in [5, 5.41) is 9.60. The molecule has 1 aromatic carbocycles. The summed E-state index contributed by atoms with van der Waals surface area (Å²) < 4.78 is 5.44. The molecule has 2 rings (SSSR count). The van der Waals surface area contributed by atoms with Gasteiger partial charge in [0.2, 0.25) is 0 Å². The van der Waals surface area contributed by atoms with Crippen LogP contribution in [0.2, 0.25) is 0 Å². The van der Waals surface area contributed by atoms with Crippen molar-refractivity contribution in [2.75, 3.05) is 0 Å². The second kappa shape index (κ2) is 5.41. The van der Waals surface area contributed by atoms with Crippen molar-refractivity contribution in [1.82, 2.24) is 9.97 Å². The molecule has 0 amide bonds. The number of para-hydroxylation sites is 1. The number of hydrogen-bond acceptors (Lipinski definition) is 4. The SMILES string of the molecule is N#Cc1ccccc1Oc1ncc(CBr)cn1. The molecule has 5 heteroatoms. The van der Waals surface area contributed by atoms with Crippen LogP contribution in [0.4, 0.5) is 0 Å². The van der Waals surface area contributed by atoms with Gasteiger partial charge in [0.25, 0.3) is 0 Å². The molecular formula is C12H8BrN3O. The Morgan fingerprint density at radius 3 is 2.59 bits per heavy atom. The number of aromatic nitrogens is 2. The highest BCUT2D eigenvalue weighted by atomic mass is 79.9. The first-order valence-electron chi connectivity index (χ1n) is 4.87. The monoisotopic (exact) mass is 289 g/mol. The Balaban J connectivity index is 2.23. The van der Waals surface area contributed by atoms with E-state index in [0.717, 1.165) is 5.56 Å². The number of ether oxygens (including phenoxy) is 1. The van der Waals surface area contributed by atoms with Crippen LogP contribution in [0.1, 0.15) is 11.1 Å². The lowest BCUT2D eigenvalue weighted by molar-refractivity contribution is 0.440. The average Bonchev–Trinajstić information content (AvgIpc) is 2.40. The van der Waals surface area contributed by atoms with E-state index in [1.165, 1.54) is 0 Å². The highest BCUT2D eigenvalue weighted by molar-refractivity contribution is 9.08. The molecule has 2 aromatic rings. The van der Waals surface area contributed by atoms with E-state index in [1.54, 1.807) is 36.7 Å². The minimum Gasteiger partial charge on any atom is -0.423 e. The molecule has 0 N–H and O–H groups in total. The van der Waals surface area contributed by atoms with Crippen LogP contribution in [-0.2, 0) is 5.33 Å². The zero-order chi connectivity index (χ0) is 12.1. The molecule has 0 bridgehead atoms. The molecule has 4 nitrogen and oxygen atoms in total. The molecule has 0 aliphatic heterocycles. The molecule has 0 saturated carbocycles. The maximum Gasteiger partial charge on any atom is 0.321 e. The molecule has 0 radical (unpaired) electrons. The van der Waals surface area contributed by atoms with E-state index >= 15 is 0 Å². The minimum atomic E-state index is 0.234. The van der Waals surface area contributed by atoms with Gasteiger partial charge in [0.15, 0.2) is 0 Å². The van der Waals surface area contributed by atoms with Gasteiger partial charge in [-0.3, -0.25) is 0 Å². The molecule has 0 spiro atoms. The molecule has 0 unspecified atom stereocenters. The molecule has 84 valence electrons. The zero-order valence-electron chi connectivity index (χ0n) is 8.80. The minimum absolute atomic E-state index is 0.234. The summed E-state index contributed by atoms with van der Waals surface area (Å²) in [5.74, 6) is 0.460. The maximum atomic E-state index is 8.90. The first-order chi connectivity index (χ1) is 8.33. The summed E-state index contributed by atoms with van der Waals surface area (Å²) in [4.78, 5) is 8.09. The van der Waals surface area contributed by atoms with Crippen molar-refractivity contribution in [2.24, 2.45) is 0 Å². The van der Waals surface area contributed by atoms with Crippen molar-refractivity contribution >= 4 is 15.9 Å². The molecular weight excluding hydrogens is 282 g/mol. The van der Waals surface area contributed by atoms with E-state index in [2.05, 4.69) is 32.0 Å². The third kappa shape index (κ3) is 2.80. The van der Waals surface area contributed by atoms with Crippen molar-refractivity contribution in [3.63, 3.8) is 0 Å². The summed E-state index contributed by atoms with van der Waals surface area (Å²) in [5.41, 5.74) is 1.42. The fourth-order valence-corrected chi connectivity index (χ4v) is 1.50. The normalized spacial score (nSPS) is 9.65. The Kier molecular flexibility index (Phi) is 3.68. The average molecular weight is 290 g/mol. The van der Waals surface area contributed by atoms with Crippen LogP contribution in [0.5, 0.6) is 11.8 Å². The Labute approximate surface area is 107 Å². The van der Waals surface area contributed by atoms with E-state index in [9.17, 15) is 0 Å². The van der Waals surface area contributed by atoms with E-state index in [-0.39, 0.29) is 6.01 Å². The van der Waals surface area contributed by atoms with E-state index in [0.29, 0.717) is 16.6 Å². The second-order valence-corrected chi connectivity index (χ2v) is 3.78. The lowest BCUT2D eigenvalue weighted by Crippen LogP contribution is -1.94. The topological polar surface area (TPSA) is 58.8 Å². The largest absolute Gasteiger partial charge is 0.423 e. The fourth-order valence-electron chi connectivity index (χ4n) is 1.21. The smallest absolute Gasteiger partial charge is 0.321 e. The maximum absolute atomic E-state index is 8.90. The quantitative estimate of drug-likeness (QED) is 0.815. The van der Waals surface area contributed by atoms with Crippen LogP contribution in [0.3, 0.4) is 0 Å².